The standard InChI is InChI=1S/C32H34INO3/c33-29-12-7-24(8-13-29)22-35-18-3-19-36-30-14-10-27(11-15-30)31-16-17-34-21-32(31)37-23-25-6-9-26-4-1-2-5-28(26)20-25/h1-2,4-15,20,31-32,34H,3,16-19,21-23H2. The average Bonchev–Trinajstić information content (AvgIpc) is 2.95. The van der Waals surface area contributed by atoms with E-state index in [0.29, 0.717) is 32.3 Å². The molecule has 0 bridgehead atoms. The third-order valence-electron chi connectivity index (χ3n) is 6.90. The van der Waals surface area contributed by atoms with Crippen LogP contribution in [0, 0.1) is 3.57 Å². The molecule has 192 valence electrons. The fourth-order valence-corrected chi connectivity index (χ4v) is 5.21. The molecule has 0 aliphatic carbocycles. The van der Waals surface area contributed by atoms with Crippen LogP contribution < -0.4 is 10.1 Å². The van der Waals surface area contributed by atoms with Crippen LogP contribution in [0.4, 0.5) is 0 Å². The van der Waals surface area contributed by atoms with Crippen molar-refractivity contribution >= 4 is 33.4 Å². The van der Waals surface area contributed by atoms with Gasteiger partial charge in [0.25, 0.3) is 0 Å². The third-order valence-corrected chi connectivity index (χ3v) is 7.62. The summed E-state index contributed by atoms with van der Waals surface area (Å²) >= 11 is 2.31. The van der Waals surface area contributed by atoms with Crippen molar-refractivity contribution in [1.29, 1.82) is 0 Å². The van der Waals surface area contributed by atoms with Gasteiger partial charge < -0.3 is 19.5 Å². The first-order chi connectivity index (χ1) is 18.2. The van der Waals surface area contributed by atoms with Crippen LogP contribution in [0.25, 0.3) is 10.8 Å². The van der Waals surface area contributed by atoms with Gasteiger partial charge in [0.1, 0.15) is 5.75 Å². The number of nitrogens with one attached hydrogen (secondary N) is 1. The summed E-state index contributed by atoms with van der Waals surface area (Å²) in [6.07, 6.45) is 2.09. The van der Waals surface area contributed by atoms with Crippen LogP contribution in [-0.2, 0) is 22.7 Å². The van der Waals surface area contributed by atoms with Gasteiger partial charge in [0, 0.05) is 22.5 Å². The smallest absolute Gasteiger partial charge is 0.119 e. The Morgan fingerprint density at radius 3 is 2.41 bits per heavy atom. The zero-order valence-electron chi connectivity index (χ0n) is 21.1. The maximum atomic E-state index is 6.45. The van der Waals surface area contributed by atoms with E-state index in [1.165, 1.54) is 31.0 Å². The maximum Gasteiger partial charge on any atom is 0.119 e. The van der Waals surface area contributed by atoms with Crippen molar-refractivity contribution in [3.63, 3.8) is 0 Å². The molecule has 1 N–H and O–H groups in total. The Morgan fingerprint density at radius 2 is 1.57 bits per heavy atom. The number of ether oxygens (including phenoxy) is 3. The number of halogens is 1. The molecule has 2 atom stereocenters. The van der Waals surface area contributed by atoms with E-state index < -0.39 is 0 Å². The topological polar surface area (TPSA) is 39.7 Å². The van der Waals surface area contributed by atoms with E-state index in [1.807, 2.05) is 0 Å². The highest BCUT2D eigenvalue weighted by atomic mass is 127. The van der Waals surface area contributed by atoms with Crippen LogP contribution in [0.3, 0.4) is 0 Å². The van der Waals surface area contributed by atoms with E-state index in [4.69, 9.17) is 14.2 Å². The molecule has 0 radical (unpaired) electrons. The fraction of sp³-hybridized carbons (Fsp3) is 0.312. The lowest BCUT2D eigenvalue weighted by atomic mass is 9.87. The van der Waals surface area contributed by atoms with Gasteiger partial charge in [0.2, 0.25) is 0 Å². The second-order valence-electron chi connectivity index (χ2n) is 9.58. The highest BCUT2D eigenvalue weighted by molar-refractivity contribution is 14.1. The normalized spacial score (nSPS) is 17.6. The van der Waals surface area contributed by atoms with Crippen molar-refractivity contribution < 1.29 is 14.2 Å². The summed E-state index contributed by atoms with van der Waals surface area (Å²) in [5.41, 5.74) is 3.74. The Morgan fingerprint density at radius 1 is 0.784 bits per heavy atom. The zero-order valence-corrected chi connectivity index (χ0v) is 23.2. The second kappa shape index (κ2) is 13.4. The molecule has 1 heterocycles. The van der Waals surface area contributed by atoms with E-state index in [9.17, 15) is 0 Å². The number of piperidine rings is 1. The van der Waals surface area contributed by atoms with Crippen LogP contribution >= 0.6 is 22.6 Å². The lowest BCUT2D eigenvalue weighted by Crippen LogP contribution is -2.40. The van der Waals surface area contributed by atoms with Crippen molar-refractivity contribution in [3.05, 3.63) is 111 Å². The predicted octanol–water partition coefficient (Wildman–Crippen LogP) is 7.09. The van der Waals surface area contributed by atoms with Crippen molar-refractivity contribution in [1.82, 2.24) is 5.32 Å². The van der Waals surface area contributed by atoms with Gasteiger partial charge in [-0.3, -0.25) is 0 Å². The largest absolute Gasteiger partial charge is 0.494 e. The molecule has 1 fully saturated rings. The van der Waals surface area contributed by atoms with Crippen LogP contribution in [0.2, 0.25) is 0 Å². The molecule has 5 heteroatoms. The first-order valence-electron chi connectivity index (χ1n) is 13.1. The lowest BCUT2D eigenvalue weighted by molar-refractivity contribution is 0.0106. The minimum absolute atomic E-state index is 0.150. The minimum Gasteiger partial charge on any atom is -0.494 e. The molecular weight excluding hydrogens is 573 g/mol. The number of hydrogen-bond acceptors (Lipinski definition) is 4. The Hall–Kier alpha value is -2.45. The Kier molecular flexibility index (Phi) is 9.46. The fourth-order valence-electron chi connectivity index (χ4n) is 4.85. The highest BCUT2D eigenvalue weighted by Gasteiger charge is 2.27. The van der Waals surface area contributed by atoms with Gasteiger partial charge in [-0.15, -0.1) is 0 Å². The van der Waals surface area contributed by atoms with E-state index >= 15 is 0 Å². The minimum atomic E-state index is 0.150. The van der Waals surface area contributed by atoms with E-state index in [1.54, 1.807) is 0 Å². The summed E-state index contributed by atoms with van der Waals surface area (Å²) in [6, 6.07) is 32.1. The molecule has 1 aliphatic heterocycles. The molecule has 0 amide bonds. The molecule has 4 nitrogen and oxygen atoms in total. The number of benzene rings is 4. The summed E-state index contributed by atoms with van der Waals surface area (Å²) < 4.78 is 19.4. The van der Waals surface area contributed by atoms with Crippen LogP contribution in [0.5, 0.6) is 5.75 Å². The molecule has 1 aliphatic rings. The molecule has 2 unspecified atom stereocenters. The molecule has 1 saturated heterocycles. The average molecular weight is 608 g/mol. The molecular formula is C32H34INO3. The van der Waals surface area contributed by atoms with Crippen molar-refractivity contribution in [2.45, 2.75) is 38.1 Å². The van der Waals surface area contributed by atoms with Crippen molar-refractivity contribution in [2.75, 3.05) is 26.3 Å². The highest BCUT2D eigenvalue weighted by Crippen LogP contribution is 2.30. The molecule has 0 aromatic heterocycles. The summed E-state index contributed by atoms with van der Waals surface area (Å²) in [5, 5.41) is 6.03. The molecule has 0 saturated carbocycles. The van der Waals surface area contributed by atoms with Gasteiger partial charge in [0.15, 0.2) is 0 Å². The molecule has 4 aromatic rings. The van der Waals surface area contributed by atoms with Gasteiger partial charge in [-0.25, -0.2) is 0 Å². The van der Waals surface area contributed by atoms with E-state index in [0.717, 1.165) is 31.7 Å². The summed E-state index contributed by atoms with van der Waals surface area (Å²) in [4.78, 5) is 0. The Balaban J connectivity index is 1.08. The number of hydrogen-bond donors (Lipinski definition) is 1. The SMILES string of the molecule is Ic1ccc(COCCCOc2ccc(C3CCNCC3OCc3ccc4ccccc4c3)cc2)cc1. The van der Waals surface area contributed by atoms with Gasteiger partial charge in [0.05, 0.1) is 32.5 Å². The van der Waals surface area contributed by atoms with Gasteiger partial charge in [-0.1, -0.05) is 60.7 Å². The van der Waals surface area contributed by atoms with Gasteiger partial charge >= 0.3 is 0 Å². The lowest BCUT2D eigenvalue weighted by Gasteiger charge is -2.32. The van der Waals surface area contributed by atoms with E-state index in [-0.39, 0.29) is 6.10 Å². The third kappa shape index (κ3) is 7.54. The molecule has 0 spiro atoms. The van der Waals surface area contributed by atoms with Gasteiger partial charge in [-0.2, -0.15) is 0 Å². The predicted molar refractivity (Wildman–Crippen MR) is 158 cm³/mol. The van der Waals surface area contributed by atoms with Gasteiger partial charge in [-0.05, 0) is 93.4 Å². The van der Waals surface area contributed by atoms with Crippen molar-refractivity contribution in [3.8, 4) is 5.75 Å². The molecule has 4 aromatic carbocycles. The monoisotopic (exact) mass is 607 g/mol. The van der Waals surface area contributed by atoms with Crippen LogP contribution in [0.15, 0.2) is 91.0 Å². The quantitative estimate of drug-likeness (QED) is 0.146. The van der Waals surface area contributed by atoms with Crippen LogP contribution in [0.1, 0.15) is 35.4 Å². The Bertz CT molecular complexity index is 1260. The second-order valence-corrected chi connectivity index (χ2v) is 10.8. The summed E-state index contributed by atoms with van der Waals surface area (Å²) in [7, 11) is 0. The number of fused-ring (bicyclic) bond motifs is 1. The van der Waals surface area contributed by atoms with E-state index in [2.05, 4.69) is 119 Å². The van der Waals surface area contributed by atoms with Crippen LogP contribution in [-0.4, -0.2) is 32.4 Å². The Labute approximate surface area is 233 Å². The zero-order chi connectivity index (χ0) is 25.3. The summed E-state index contributed by atoms with van der Waals surface area (Å²) in [5.74, 6) is 1.29. The van der Waals surface area contributed by atoms with Crippen molar-refractivity contribution in [2.24, 2.45) is 0 Å². The summed E-state index contributed by atoms with van der Waals surface area (Å²) in [6.45, 7) is 4.50. The number of rotatable bonds is 11. The molecule has 37 heavy (non-hydrogen) atoms. The first kappa shape index (κ1) is 26.2. The maximum absolute atomic E-state index is 6.45. The molecule has 5 rings (SSSR count). The first-order valence-corrected chi connectivity index (χ1v) is 14.2.